The Bertz CT molecular complexity index is 142. The van der Waals surface area contributed by atoms with E-state index in [1.807, 2.05) is 6.92 Å². The van der Waals surface area contributed by atoms with Crippen LogP contribution in [0.15, 0.2) is 12.2 Å². The fourth-order valence-electron chi connectivity index (χ4n) is 0.152. The van der Waals surface area contributed by atoms with Crippen LogP contribution in [0.5, 0.6) is 0 Å². The van der Waals surface area contributed by atoms with Gasteiger partial charge in [-0.3, -0.25) is 0 Å². The van der Waals surface area contributed by atoms with E-state index in [0.717, 1.165) is 0 Å². The minimum Gasteiger partial charge on any atom is -0.503 e. The number of hydrogen-bond donors (Lipinski definition) is 2. The molecule has 0 aliphatic heterocycles. The zero-order valence-corrected chi connectivity index (χ0v) is 9.74. The molecule has 0 aromatic carbocycles. The smallest absolute Gasteiger partial charge is 0.107 e. The van der Waals surface area contributed by atoms with Crippen LogP contribution in [0.25, 0.3) is 0 Å². The lowest BCUT2D eigenvalue weighted by Gasteiger charge is -2.31. The van der Waals surface area contributed by atoms with Crippen molar-refractivity contribution in [2.24, 2.45) is 0 Å². The van der Waals surface area contributed by atoms with Crippen LogP contribution in [0, 0.1) is 0 Å². The minimum absolute atomic E-state index is 0.688. The number of ether oxygens (including phenoxy) is 1. The van der Waals surface area contributed by atoms with Crippen LogP contribution in [0.2, 0.25) is 0 Å². The largest absolute Gasteiger partial charge is 0.503 e. The second-order valence-corrected chi connectivity index (χ2v) is 3.90. The summed E-state index contributed by atoms with van der Waals surface area (Å²) in [6, 6.07) is 0. The van der Waals surface area contributed by atoms with Gasteiger partial charge in [-0.25, -0.2) is 0 Å². The molecule has 0 bridgehead atoms. The third kappa shape index (κ3) is 9.61. The summed E-state index contributed by atoms with van der Waals surface area (Å²) in [6.45, 7) is 8.90. The molecule has 2 radical (unpaired) electrons. The summed E-state index contributed by atoms with van der Waals surface area (Å²) in [5, 5.41) is 18.2. The van der Waals surface area contributed by atoms with E-state index >= 15 is 0 Å². The quantitative estimate of drug-likeness (QED) is 0.531. The molecule has 0 rings (SSSR count). The molecular weight excluding hydrogens is 179 g/mol. The first-order valence-electron chi connectivity index (χ1n) is 4.60. The van der Waals surface area contributed by atoms with Crippen molar-refractivity contribution in [3.05, 3.63) is 12.2 Å². The van der Waals surface area contributed by atoms with Gasteiger partial charge >= 0.3 is 0 Å². The third-order valence-electron chi connectivity index (χ3n) is 1.84. The van der Waals surface area contributed by atoms with Crippen molar-refractivity contribution >= 4 is 7.85 Å². The Kier molecular flexibility index (Phi) is 7.88. The van der Waals surface area contributed by atoms with Crippen molar-refractivity contribution in [1.29, 1.82) is 0 Å². The van der Waals surface area contributed by atoms with Gasteiger partial charge in [-0.1, -0.05) is 5.98 Å². The molecule has 0 spiro atoms. The van der Waals surface area contributed by atoms with Crippen molar-refractivity contribution in [1.82, 2.24) is 0 Å². The molecule has 2 N–H and O–H groups in total. The molecule has 0 saturated carbocycles. The van der Waals surface area contributed by atoms with Gasteiger partial charge in [-0.2, -0.15) is 0 Å². The maximum Gasteiger partial charge on any atom is 0.107 e. The molecule has 0 aliphatic rings. The standard InChI is InChI=1S/C6H14O2.C4H7BO/c1-5(2,7)6(3,4)8;1-2-6-4-3-5/h7-8H,1-4H3;3-4H,2H2,1H3/b;4-3-. The second-order valence-electron chi connectivity index (χ2n) is 3.90. The molecule has 0 aromatic heterocycles. The van der Waals surface area contributed by atoms with Gasteiger partial charge in [-0.15, -0.1) is 0 Å². The molecule has 0 aromatic rings. The summed E-state index contributed by atoms with van der Waals surface area (Å²) in [5.41, 5.74) is -2.01. The van der Waals surface area contributed by atoms with Gasteiger partial charge in [0.15, 0.2) is 0 Å². The Morgan fingerprint density at radius 3 is 1.57 bits per heavy atom. The summed E-state index contributed by atoms with van der Waals surface area (Å²) >= 11 is 0. The van der Waals surface area contributed by atoms with Crippen molar-refractivity contribution in [3.8, 4) is 0 Å². The van der Waals surface area contributed by atoms with Crippen LogP contribution in [-0.2, 0) is 4.74 Å². The van der Waals surface area contributed by atoms with Gasteiger partial charge in [0.2, 0.25) is 0 Å². The fourth-order valence-corrected chi connectivity index (χ4v) is 0.152. The van der Waals surface area contributed by atoms with E-state index in [1.165, 1.54) is 12.2 Å². The lowest BCUT2D eigenvalue weighted by molar-refractivity contribution is -0.107. The molecule has 3 nitrogen and oxygen atoms in total. The third-order valence-corrected chi connectivity index (χ3v) is 1.84. The SMILES string of the molecule is CC(C)(O)C(C)(C)O.[B]/C=C\OCC. The Hall–Kier alpha value is -0.475. The molecule has 4 heteroatoms. The van der Waals surface area contributed by atoms with Crippen molar-refractivity contribution < 1.29 is 14.9 Å². The maximum atomic E-state index is 9.10. The molecule has 0 atom stereocenters. The van der Waals surface area contributed by atoms with Gasteiger partial charge in [-0.05, 0) is 34.6 Å². The van der Waals surface area contributed by atoms with Crippen LogP contribution >= 0.6 is 0 Å². The molecule has 82 valence electrons. The first-order valence-corrected chi connectivity index (χ1v) is 4.60. The Labute approximate surface area is 88.2 Å². The van der Waals surface area contributed by atoms with Crippen LogP contribution in [0.1, 0.15) is 34.6 Å². The van der Waals surface area contributed by atoms with Gasteiger partial charge in [0, 0.05) is 0 Å². The Morgan fingerprint density at radius 2 is 1.50 bits per heavy atom. The van der Waals surface area contributed by atoms with Crippen LogP contribution < -0.4 is 0 Å². The van der Waals surface area contributed by atoms with E-state index < -0.39 is 11.2 Å². The van der Waals surface area contributed by atoms with Gasteiger partial charge in [0.05, 0.1) is 24.1 Å². The second kappa shape index (κ2) is 6.90. The average Bonchev–Trinajstić information content (AvgIpc) is 1.98. The predicted molar refractivity (Wildman–Crippen MR) is 59.1 cm³/mol. The maximum absolute atomic E-state index is 9.10. The molecular formula is C10H21BO3. The van der Waals surface area contributed by atoms with Crippen LogP contribution in [0.4, 0.5) is 0 Å². The lowest BCUT2D eigenvalue weighted by atomic mass is 9.90. The molecule has 0 heterocycles. The summed E-state index contributed by atoms with van der Waals surface area (Å²) in [7, 11) is 4.91. The molecule has 0 aliphatic carbocycles. The summed E-state index contributed by atoms with van der Waals surface area (Å²) in [5.74, 6) is 1.36. The summed E-state index contributed by atoms with van der Waals surface area (Å²) in [6.07, 6.45) is 1.46. The zero-order chi connectivity index (χ0) is 11.8. The summed E-state index contributed by atoms with van der Waals surface area (Å²) < 4.78 is 4.68. The highest BCUT2D eigenvalue weighted by Gasteiger charge is 2.31. The molecule has 0 unspecified atom stereocenters. The highest BCUT2D eigenvalue weighted by molar-refractivity contribution is 6.16. The highest BCUT2D eigenvalue weighted by Crippen LogP contribution is 2.19. The monoisotopic (exact) mass is 200 g/mol. The number of hydrogen-bond acceptors (Lipinski definition) is 3. The van der Waals surface area contributed by atoms with Crippen molar-refractivity contribution in [3.63, 3.8) is 0 Å². The first kappa shape index (κ1) is 16.0. The number of rotatable bonds is 3. The van der Waals surface area contributed by atoms with Gasteiger partial charge in [0.25, 0.3) is 0 Å². The van der Waals surface area contributed by atoms with Gasteiger partial charge < -0.3 is 14.9 Å². The Balaban J connectivity index is 0. The lowest BCUT2D eigenvalue weighted by Crippen LogP contribution is -2.44. The molecule has 0 saturated heterocycles. The van der Waals surface area contributed by atoms with Crippen molar-refractivity contribution in [2.45, 2.75) is 45.8 Å². The van der Waals surface area contributed by atoms with Crippen LogP contribution in [0.3, 0.4) is 0 Å². The van der Waals surface area contributed by atoms with Crippen LogP contribution in [-0.4, -0.2) is 35.9 Å². The zero-order valence-electron chi connectivity index (χ0n) is 9.74. The first-order chi connectivity index (χ1) is 6.16. The summed E-state index contributed by atoms with van der Waals surface area (Å²) in [4.78, 5) is 0. The predicted octanol–water partition coefficient (Wildman–Crippen LogP) is 1.19. The topological polar surface area (TPSA) is 49.7 Å². The highest BCUT2D eigenvalue weighted by atomic mass is 16.5. The van der Waals surface area contributed by atoms with E-state index in [2.05, 4.69) is 4.74 Å². The van der Waals surface area contributed by atoms with E-state index in [4.69, 9.17) is 18.1 Å². The molecule has 14 heavy (non-hydrogen) atoms. The van der Waals surface area contributed by atoms with E-state index in [1.54, 1.807) is 27.7 Å². The average molecular weight is 200 g/mol. The van der Waals surface area contributed by atoms with Crippen molar-refractivity contribution in [2.75, 3.05) is 6.61 Å². The molecule has 0 fully saturated rings. The van der Waals surface area contributed by atoms with Gasteiger partial charge in [0.1, 0.15) is 7.85 Å². The normalized spacial score (nSPS) is 12.2. The van der Waals surface area contributed by atoms with E-state index in [9.17, 15) is 0 Å². The Morgan fingerprint density at radius 1 is 1.14 bits per heavy atom. The minimum atomic E-state index is -1.01. The van der Waals surface area contributed by atoms with E-state index in [-0.39, 0.29) is 0 Å². The number of aliphatic hydroxyl groups is 2. The van der Waals surface area contributed by atoms with E-state index in [0.29, 0.717) is 6.61 Å². The molecule has 0 amide bonds. The fraction of sp³-hybridized carbons (Fsp3) is 0.800.